The molecule has 6 N–H and O–H groups in total. The maximum Gasteiger partial charge on any atom is 0.460 e. The third-order valence-corrected chi connectivity index (χ3v) is 20.1. The van der Waals surface area contributed by atoms with Crippen molar-refractivity contribution in [1.29, 1.82) is 0 Å². The number of benzene rings is 6. The van der Waals surface area contributed by atoms with E-state index < -0.39 is 127 Å². The monoisotopic (exact) mass is 1130 g/mol. The quantitative estimate of drug-likeness (QED) is 0.0307. The van der Waals surface area contributed by atoms with Gasteiger partial charge in [-0.2, -0.15) is 0 Å². The smallest absolute Gasteiger partial charge is 0.460 e. The number of nitrogens with zero attached hydrogens (tertiary/aromatic N) is 3. The average molecular weight is 1130 g/mol. The Morgan fingerprint density at radius 2 is 0.436 bits per heavy atom. The second kappa shape index (κ2) is 23.9. The number of hydrogen-bond donors (Lipinski definition) is 6. The molecule has 0 amide bonds. The highest BCUT2D eigenvalue weighted by molar-refractivity contribution is 7.79. The zero-order valence-electron chi connectivity index (χ0n) is 42.9. The summed E-state index contributed by atoms with van der Waals surface area (Å²) >= 11 is 0. The molecule has 1 aliphatic heterocycles. The molecule has 21 nitrogen and oxygen atoms in total. The molecule has 408 valence electrons. The van der Waals surface area contributed by atoms with Crippen molar-refractivity contribution in [1.82, 2.24) is 0 Å². The van der Waals surface area contributed by atoms with Crippen molar-refractivity contribution in [2.45, 2.75) is 80.1 Å². The van der Waals surface area contributed by atoms with Gasteiger partial charge in [-0.3, -0.25) is 0 Å². The van der Waals surface area contributed by atoms with Crippen LogP contribution in [0.25, 0.3) is 0 Å². The van der Waals surface area contributed by atoms with Crippen molar-refractivity contribution in [3.05, 3.63) is 176 Å². The van der Waals surface area contributed by atoms with Crippen LogP contribution in [0.4, 0.5) is 0 Å². The summed E-state index contributed by atoms with van der Waals surface area (Å²) in [6, 6.07) is 24.1. The fraction of sp³-hybridized carbons (Fsp3) is 0.222. The van der Waals surface area contributed by atoms with Crippen LogP contribution in [0.1, 0.15) is 137 Å². The third kappa shape index (κ3) is 12.7. The minimum absolute atomic E-state index is 0.334. The molecule has 0 atom stereocenters. The number of aryl methyl sites for hydroxylation is 6. The summed E-state index contributed by atoms with van der Waals surface area (Å²) in [5, 5.41) is 64.7. The molecule has 0 spiro atoms. The van der Waals surface area contributed by atoms with Crippen LogP contribution in [0.5, 0.6) is 34.5 Å². The topological polar surface area (TPSA) is 316 Å². The van der Waals surface area contributed by atoms with E-state index in [1.165, 1.54) is 109 Å². The molecule has 7 rings (SSSR count). The lowest BCUT2D eigenvalue weighted by molar-refractivity contribution is 0.0682. The van der Waals surface area contributed by atoms with E-state index in [0.717, 1.165) is 0 Å². The number of carboxylic acid groups (broad SMARTS) is 6. The Morgan fingerprint density at radius 3 is 0.551 bits per heavy atom. The molecule has 0 saturated heterocycles. The summed E-state index contributed by atoms with van der Waals surface area (Å²) in [7, 11) is -16.2. The molecule has 0 aromatic heterocycles. The van der Waals surface area contributed by atoms with Crippen LogP contribution >= 0.6 is 23.0 Å². The van der Waals surface area contributed by atoms with Gasteiger partial charge in [-0.25, -0.2) is 28.8 Å². The van der Waals surface area contributed by atoms with Crippen LogP contribution < -0.4 is 27.1 Å². The number of rotatable bonds is 24. The summed E-state index contributed by atoms with van der Waals surface area (Å²) in [5.41, 5.74) is -0.0408. The Bertz CT molecular complexity index is 3000. The van der Waals surface area contributed by atoms with Crippen LogP contribution in [-0.2, 0) is 38.5 Å². The van der Waals surface area contributed by atoms with Crippen molar-refractivity contribution < 1.29 is 86.5 Å². The van der Waals surface area contributed by atoms with Crippen LogP contribution in [0, 0.1) is 0 Å². The van der Waals surface area contributed by atoms with Gasteiger partial charge in [-0.15, -0.1) is 0 Å². The van der Waals surface area contributed by atoms with E-state index in [-0.39, 0.29) is 0 Å². The lowest BCUT2D eigenvalue weighted by Crippen LogP contribution is -2.15. The summed E-state index contributed by atoms with van der Waals surface area (Å²) in [6.07, 6.45) is 2.00. The second-order valence-corrected chi connectivity index (χ2v) is 23.4. The highest BCUT2D eigenvalue weighted by Gasteiger charge is 2.51. The molecule has 0 saturated carbocycles. The summed E-state index contributed by atoms with van der Waals surface area (Å²) < 4.78 is 55.2. The van der Waals surface area contributed by atoms with Gasteiger partial charge in [-0.05, 0) is 145 Å². The van der Waals surface area contributed by atoms with Gasteiger partial charge in [0, 0.05) is 0 Å². The predicted octanol–water partition coefficient (Wildman–Crippen LogP) is 13.9. The molecule has 0 radical (unpaired) electrons. The predicted molar refractivity (Wildman–Crippen MR) is 288 cm³/mol. The molecule has 0 fully saturated rings. The summed E-state index contributed by atoms with van der Waals surface area (Å²) in [5.74, 6) is -12.5. The first-order valence-corrected chi connectivity index (χ1v) is 29.0. The Morgan fingerprint density at radius 1 is 0.295 bits per heavy atom. The zero-order chi connectivity index (χ0) is 56.7. The van der Waals surface area contributed by atoms with Crippen LogP contribution in [0.15, 0.2) is 123 Å². The van der Waals surface area contributed by atoms with Crippen molar-refractivity contribution in [2.24, 2.45) is 13.5 Å². The Hall–Kier alpha value is -8.37. The molecule has 6 aromatic rings. The van der Waals surface area contributed by atoms with Gasteiger partial charge in [0.25, 0.3) is 0 Å². The zero-order valence-corrected chi connectivity index (χ0v) is 45.6. The molecule has 24 heteroatoms. The van der Waals surface area contributed by atoms with Crippen molar-refractivity contribution >= 4 is 58.8 Å². The van der Waals surface area contributed by atoms with Gasteiger partial charge in [0.1, 0.15) is 67.9 Å². The first kappa shape index (κ1) is 57.3. The van der Waals surface area contributed by atoms with E-state index in [2.05, 4.69) is 0 Å². The minimum atomic E-state index is -5.38. The largest absolute Gasteiger partial charge is 0.478 e. The number of carbonyl (C=O) groups is 6. The van der Waals surface area contributed by atoms with E-state index in [1.807, 2.05) is 0 Å². The Labute approximate surface area is 447 Å². The van der Waals surface area contributed by atoms with E-state index in [1.54, 1.807) is 41.5 Å². The Balaban J connectivity index is 1.79. The summed E-state index contributed by atoms with van der Waals surface area (Å²) in [6.45, 7) is 10.6. The van der Waals surface area contributed by atoms with Gasteiger partial charge < -0.3 is 57.8 Å². The molecular formula is C54H54N3O18P3. The molecule has 1 aliphatic rings. The van der Waals surface area contributed by atoms with E-state index in [9.17, 15) is 59.4 Å². The van der Waals surface area contributed by atoms with Crippen molar-refractivity contribution in [2.75, 3.05) is 0 Å². The van der Waals surface area contributed by atoms with Crippen LogP contribution in [0.3, 0.4) is 0 Å². The average Bonchev–Trinajstić information content (AvgIpc) is 3.51. The molecule has 0 bridgehead atoms. The number of carboxylic acids is 6. The second-order valence-electron chi connectivity index (χ2n) is 17.2. The van der Waals surface area contributed by atoms with E-state index >= 15 is 0 Å². The standard InChI is InChI=1S/C54H54N3O18P3/c1-7-31-13-19-43(37(25-31)49(58)59)70-76(71-44-20-14-32(8-2)26-38(44)50(60)61)55-77(72-45-21-15-33(9-3)27-39(45)51(62)63,73-46-22-16-34(10-4)28-40(46)52(64)65)57-78(56-76,74-47-23-17-35(11-5)29-41(47)53(66)67)75-48-24-18-36(12-6)30-42(48)54(68)69/h13-30H,7-12H2,1-6H3,(H,58,59)(H,60,61)(H,62,63)(H,64,65)(H,66,67)(H,68,69). The fourth-order valence-corrected chi connectivity index (χ4v) is 17.0. The highest BCUT2D eigenvalue weighted by atomic mass is 31.3. The van der Waals surface area contributed by atoms with Gasteiger partial charge in [-0.1, -0.05) is 91.5 Å². The molecular weight excluding hydrogens is 1070 g/mol. The summed E-state index contributed by atoms with van der Waals surface area (Å²) in [4.78, 5) is 79.6. The van der Waals surface area contributed by atoms with E-state index in [0.29, 0.717) is 71.9 Å². The normalized spacial score (nSPS) is 13.8. The first-order chi connectivity index (χ1) is 37.1. The fourth-order valence-electron chi connectivity index (χ4n) is 7.79. The SMILES string of the molecule is CCc1ccc(OP2(Oc3ccc(CC)cc3C(=O)O)=NP(Oc3ccc(CC)cc3C(=O)O)(Oc3ccc(CC)cc3C(=O)O)=NP(Oc3ccc(CC)cc3C(=O)O)(Oc3ccc(CC)cc3C(=O)O)=N2)c(C(=O)O)c1. The molecule has 1 heterocycles. The maximum atomic E-state index is 13.3. The van der Waals surface area contributed by atoms with Crippen LogP contribution in [0.2, 0.25) is 0 Å². The van der Waals surface area contributed by atoms with Crippen molar-refractivity contribution in [3.63, 3.8) is 0 Å². The Kier molecular flexibility index (Phi) is 17.6. The molecule has 0 unspecified atom stereocenters. The van der Waals surface area contributed by atoms with Gasteiger partial charge in [0.05, 0.1) is 0 Å². The van der Waals surface area contributed by atoms with Crippen molar-refractivity contribution in [3.8, 4) is 34.5 Å². The minimum Gasteiger partial charge on any atom is -0.478 e. The van der Waals surface area contributed by atoms with Crippen LogP contribution in [-0.4, -0.2) is 66.5 Å². The molecule has 0 aliphatic carbocycles. The highest BCUT2D eigenvalue weighted by Crippen LogP contribution is 2.79. The number of aromatic carboxylic acids is 6. The first-order valence-electron chi connectivity index (χ1n) is 24.4. The molecule has 78 heavy (non-hydrogen) atoms. The number of hydrogen-bond acceptors (Lipinski definition) is 15. The van der Waals surface area contributed by atoms with Gasteiger partial charge >= 0.3 is 58.8 Å². The van der Waals surface area contributed by atoms with E-state index in [4.69, 9.17) is 40.7 Å². The lowest BCUT2D eigenvalue weighted by atomic mass is 10.1. The van der Waals surface area contributed by atoms with Gasteiger partial charge in [0.2, 0.25) is 0 Å². The van der Waals surface area contributed by atoms with Gasteiger partial charge in [0.15, 0.2) is 0 Å². The molecule has 6 aromatic carbocycles. The third-order valence-electron chi connectivity index (χ3n) is 12.1. The lowest BCUT2D eigenvalue weighted by Gasteiger charge is -2.34. The maximum absolute atomic E-state index is 13.3.